The second-order valence-corrected chi connectivity index (χ2v) is 41.7. The molecule has 113 heavy (non-hydrogen) atoms. The summed E-state index contributed by atoms with van der Waals surface area (Å²) in [6.07, 6.45) is 19.7. The van der Waals surface area contributed by atoms with Crippen LogP contribution in [0.3, 0.4) is 0 Å². The molecule has 0 spiro atoms. The molecule has 2 saturated carbocycles. The molecule has 5 nitrogen and oxygen atoms in total. The van der Waals surface area contributed by atoms with Crippen LogP contribution in [0.2, 0.25) is 0 Å². The van der Waals surface area contributed by atoms with Gasteiger partial charge in [0.25, 0.3) is 0 Å². The van der Waals surface area contributed by atoms with Crippen LogP contribution in [0, 0.1) is 80.0 Å². The number of fused-ring (bicyclic) bond motifs is 13. The number of benzene rings is 5. The Morgan fingerprint density at radius 2 is 0.637 bits per heavy atom. The van der Waals surface area contributed by atoms with E-state index >= 15 is 0 Å². The van der Waals surface area contributed by atoms with Gasteiger partial charge in [-0.1, -0.05) is 221 Å². The van der Waals surface area contributed by atoms with Crippen molar-refractivity contribution in [2.75, 3.05) is 0 Å². The lowest BCUT2D eigenvalue weighted by atomic mass is 9.69. The average molecular weight is 1520 g/mol. The second kappa shape index (κ2) is 28.9. The summed E-state index contributed by atoms with van der Waals surface area (Å²) < 4.78 is 43.6. The Labute approximate surface area is 691 Å². The molecule has 5 aromatic carbocycles. The molecule has 0 radical (unpaired) electrons. The standard InChI is InChI=1S/2C22H28N.3C21H28N.CH4/c2*1-14-7-8-16(15(2)11-14)20-12-17-18-9-10-22(5,21(18,3)4)19(17)13-23(20)6;1-14-8-9-16(15(2)10-14)19-11-17-18(12-22(19)7)21(5,6)13-20(17,3)4;2*1-14-8-9-16(15(2)12-14)19-18-17(10-11-22(19)7)20(3,4)13-21(18,5)6;/h2*7-8,11-13,18H,9-10H2,1-6H3;3*8-12H,13H2,1-7H3;1H4/q5*+1;/i1D3,18D;;;;;. The number of aromatic nitrogens is 5. The summed E-state index contributed by atoms with van der Waals surface area (Å²) in [5, 5.41) is 0. The van der Waals surface area contributed by atoms with E-state index in [1.165, 1.54) is 161 Å². The fourth-order valence-electron chi connectivity index (χ4n) is 23.7. The van der Waals surface area contributed by atoms with Crippen LogP contribution in [-0.2, 0) is 78.6 Å². The van der Waals surface area contributed by atoms with Crippen molar-refractivity contribution in [3.8, 4) is 56.3 Å². The second-order valence-electron chi connectivity index (χ2n) is 41.7. The van der Waals surface area contributed by atoms with Crippen molar-refractivity contribution in [2.45, 2.75) is 301 Å². The van der Waals surface area contributed by atoms with Crippen LogP contribution < -0.4 is 22.8 Å². The van der Waals surface area contributed by atoms with Crippen molar-refractivity contribution in [1.29, 1.82) is 0 Å². The van der Waals surface area contributed by atoms with E-state index in [0.717, 1.165) is 35.2 Å². The molecular formula is C108H144N5+5. The topological polar surface area (TPSA) is 19.4 Å². The van der Waals surface area contributed by atoms with Crippen LogP contribution in [0.4, 0.5) is 0 Å². The number of nitrogens with zero attached hydrogens (tertiary/aromatic N) is 5. The first-order chi connectivity index (χ1) is 53.5. The summed E-state index contributed by atoms with van der Waals surface area (Å²) in [4.78, 5) is 0. The molecule has 5 heteroatoms. The van der Waals surface area contributed by atoms with E-state index in [1.54, 1.807) is 23.3 Å². The van der Waals surface area contributed by atoms with Crippen molar-refractivity contribution >= 4 is 0 Å². The Morgan fingerprint density at radius 3 is 1.04 bits per heavy atom. The Morgan fingerprint density at radius 1 is 0.319 bits per heavy atom. The lowest BCUT2D eigenvalue weighted by Gasteiger charge is -2.34. The van der Waals surface area contributed by atoms with Crippen LogP contribution in [0.15, 0.2) is 152 Å². The maximum Gasteiger partial charge on any atom is 0.216 e. The van der Waals surface area contributed by atoms with Gasteiger partial charge in [0.1, 0.15) is 35.2 Å². The highest BCUT2D eigenvalue weighted by Gasteiger charge is 2.62. The lowest BCUT2D eigenvalue weighted by molar-refractivity contribution is -0.661. The van der Waals surface area contributed by atoms with Crippen molar-refractivity contribution in [3.63, 3.8) is 0 Å². The molecule has 4 atom stereocenters. The predicted octanol–water partition coefficient (Wildman–Crippen LogP) is 24.8. The number of rotatable bonds is 5. The summed E-state index contributed by atoms with van der Waals surface area (Å²) >= 11 is 0. The van der Waals surface area contributed by atoms with E-state index in [1.807, 2.05) is 20.0 Å². The minimum atomic E-state index is -2.09. The summed E-state index contributed by atoms with van der Waals surface area (Å²) in [5.41, 5.74) is 42.0. The van der Waals surface area contributed by atoms with E-state index in [0.29, 0.717) is 22.3 Å². The zero-order valence-corrected chi connectivity index (χ0v) is 75.2. The van der Waals surface area contributed by atoms with Gasteiger partial charge < -0.3 is 0 Å². The van der Waals surface area contributed by atoms with Gasteiger partial charge in [-0.25, -0.2) is 22.8 Å². The monoisotopic (exact) mass is 1520 g/mol. The number of hydrogen-bond donors (Lipinski definition) is 0. The molecule has 0 aliphatic heterocycles. The third kappa shape index (κ3) is 14.3. The molecule has 5 heterocycles. The molecule has 0 N–H and O–H groups in total. The Balaban J connectivity index is 0.000000135. The first-order valence-corrected chi connectivity index (χ1v) is 42.1. The largest absolute Gasteiger partial charge is 0.216 e. The van der Waals surface area contributed by atoms with Crippen LogP contribution in [-0.4, -0.2) is 0 Å². The first-order valence-electron chi connectivity index (χ1n) is 44.1. The minimum Gasteiger partial charge on any atom is -0.201 e. The van der Waals surface area contributed by atoms with E-state index < -0.39 is 12.7 Å². The number of pyridine rings is 5. The highest BCUT2D eigenvalue weighted by molar-refractivity contribution is 5.72. The van der Waals surface area contributed by atoms with Crippen LogP contribution >= 0.6 is 0 Å². The van der Waals surface area contributed by atoms with Gasteiger partial charge in [0, 0.05) is 102 Å². The molecule has 4 unspecified atom stereocenters. The van der Waals surface area contributed by atoms with Gasteiger partial charge in [0.05, 0.1) is 0 Å². The fourth-order valence-corrected chi connectivity index (χ4v) is 23.7. The third-order valence-electron chi connectivity index (χ3n) is 29.6. The van der Waals surface area contributed by atoms with E-state index in [2.05, 4.69) is 365 Å². The van der Waals surface area contributed by atoms with Crippen molar-refractivity contribution in [2.24, 2.45) is 46.1 Å². The molecule has 4 bridgehead atoms. The Bertz CT molecular complexity index is 5490. The average Bonchev–Trinajstić information content (AvgIpc) is 1.50. The molecule has 10 aromatic rings. The summed E-state index contributed by atoms with van der Waals surface area (Å²) in [6.45, 7) is 60.3. The first kappa shape index (κ1) is 78.7. The van der Waals surface area contributed by atoms with Gasteiger partial charge in [-0.15, -0.1) is 0 Å². The maximum atomic E-state index is 9.30. The summed E-state index contributed by atoms with van der Waals surface area (Å²) in [7, 11) is 10.8. The lowest BCUT2D eigenvalue weighted by Crippen LogP contribution is -2.36. The highest BCUT2D eigenvalue weighted by Crippen LogP contribution is 2.69. The molecule has 0 amide bonds. The minimum absolute atomic E-state index is 0. The Kier molecular flexibility index (Phi) is 20.2. The van der Waals surface area contributed by atoms with Crippen molar-refractivity contribution < 1.29 is 28.3 Å². The molecule has 5 aromatic heterocycles. The SMILES string of the molecule is C.Cc1ccc(-c2c3c(cc[n+]2C)C(C)(C)CC3(C)C)c(C)c1.Cc1ccc(-c2c3c(cc[n+]2C)C(C)(C)CC3(C)C)c(C)c1.Cc1ccc(-c2cc3c(c[n+]2C)C(C)(C)CC3(C)C)c(C)c1.Cc1ccc(-c2cc3c(c[n+]2C)C2(C)CCC3C2(C)C)c(C)c1.[2H]C([2H])([2H])c1ccc(-c2cc3c(c[n+]2C)C2(C)CCC3([2H])C2(C)C)c(C)c1. The summed E-state index contributed by atoms with van der Waals surface area (Å²) in [5.74, 6) is 0.153. The molecule has 0 saturated heterocycles. The van der Waals surface area contributed by atoms with Gasteiger partial charge in [-0.2, -0.15) is 0 Å². The maximum absolute atomic E-state index is 9.30. The van der Waals surface area contributed by atoms with Gasteiger partial charge in [0.2, 0.25) is 28.5 Å². The van der Waals surface area contributed by atoms with Gasteiger partial charge >= 0.3 is 0 Å². The van der Waals surface area contributed by atoms with E-state index in [9.17, 15) is 1.37 Å². The molecule has 7 aliphatic rings. The zero-order valence-electron chi connectivity index (χ0n) is 79.2. The predicted molar refractivity (Wildman–Crippen MR) is 478 cm³/mol. The van der Waals surface area contributed by atoms with Gasteiger partial charge in [-0.05, 0) is 255 Å². The van der Waals surface area contributed by atoms with Crippen molar-refractivity contribution in [1.82, 2.24) is 0 Å². The van der Waals surface area contributed by atoms with Crippen LogP contribution in [0.25, 0.3) is 56.3 Å². The number of hydrogen-bond acceptors (Lipinski definition) is 0. The smallest absolute Gasteiger partial charge is 0.201 e. The molecule has 7 aliphatic carbocycles. The molecule has 2 fully saturated rings. The molecular weight excluding hydrogens is 1370 g/mol. The van der Waals surface area contributed by atoms with E-state index in [4.69, 9.17) is 4.11 Å². The van der Waals surface area contributed by atoms with E-state index in [-0.39, 0.29) is 50.7 Å². The molecule has 17 rings (SSSR count). The fraction of sp³-hybridized carbons (Fsp3) is 0.491. The van der Waals surface area contributed by atoms with Gasteiger partial charge in [0.15, 0.2) is 31.0 Å². The highest BCUT2D eigenvalue weighted by atomic mass is 15.0. The van der Waals surface area contributed by atoms with Crippen molar-refractivity contribution in [3.05, 3.63) is 264 Å². The van der Waals surface area contributed by atoms with Crippen LogP contribution in [0.5, 0.6) is 0 Å². The third-order valence-corrected chi connectivity index (χ3v) is 29.6. The molecule has 596 valence electrons. The summed E-state index contributed by atoms with van der Waals surface area (Å²) in [6, 6.07) is 44.3. The number of aryl methyl sites for hydroxylation is 15. The van der Waals surface area contributed by atoms with Gasteiger partial charge in [-0.3, -0.25) is 0 Å². The zero-order chi connectivity index (χ0) is 85.4. The van der Waals surface area contributed by atoms with Crippen LogP contribution in [0.1, 0.15) is 306 Å². The Hall–Kier alpha value is -8.15. The normalized spacial score (nSPS) is 23.1. The quantitative estimate of drug-likeness (QED) is 0.153.